The van der Waals surface area contributed by atoms with Gasteiger partial charge in [-0.15, -0.1) is 0 Å². The Bertz CT molecular complexity index is 553. The van der Waals surface area contributed by atoms with E-state index in [0.29, 0.717) is 5.75 Å². The average Bonchev–Trinajstić information content (AvgIpc) is 2.96. The Hall–Kier alpha value is -2.29. The van der Waals surface area contributed by atoms with Gasteiger partial charge in [0.2, 0.25) is 0 Å². The maximum Gasteiger partial charge on any atom is 0.348 e. The summed E-state index contributed by atoms with van der Waals surface area (Å²) in [4.78, 5) is 11.5. The summed E-state index contributed by atoms with van der Waals surface area (Å²) in [5.74, 6) is 0.304. The van der Waals surface area contributed by atoms with Crippen molar-refractivity contribution in [3.8, 4) is 5.75 Å². The number of hydrogen-bond acceptors (Lipinski definition) is 3. The van der Waals surface area contributed by atoms with Crippen LogP contribution in [0.3, 0.4) is 0 Å². The Labute approximate surface area is 119 Å². The zero-order valence-corrected chi connectivity index (χ0v) is 11.5. The zero-order valence-electron chi connectivity index (χ0n) is 11.5. The van der Waals surface area contributed by atoms with Crippen LogP contribution in [-0.2, 0) is 9.53 Å². The van der Waals surface area contributed by atoms with Crippen molar-refractivity contribution in [3.63, 3.8) is 0 Å². The van der Waals surface area contributed by atoms with Crippen LogP contribution in [0, 0.1) is 6.92 Å². The molecular weight excluding hydrogens is 252 g/mol. The van der Waals surface area contributed by atoms with E-state index in [0.717, 1.165) is 18.4 Å². The van der Waals surface area contributed by atoms with Crippen LogP contribution < -0.4 is 4.74 Å². The predicted molar refractivity (Wildman–Crippen MR) is 78.4 cm³/mol. The molecule has 0 saturated carbocycles. The molecule has 0 amide bonds. The van der Waals surface area contributed by atoms with Crippen molar-refractivity contribution < 1.29 is 14.3 Å². The normalized spacial score (nSPS) is 13.6. The Morgan fingerprint density at radius 3 is 2.95 bits per heavy atom. The lowest BCUT2D eigenvalue weighted by Crippen LogP contribution is -2.12. The molecule has 0 fully saturated rings. The third-order valence-corrected chi connectivity index (χ3v) is 2.96. The molecule has 0 unspecified atom stereocenters. The average molecular weight is 270 g/mol. The Balaban J connectivity index is 1.68. The van der Waals surface area contributed by atoms with Crippen LogP contribution in [0.2, 0.25) is 0 Å². The summed E-state index contributed by atoms with van der Waals surface area (Å²) in [6.07, 6.45) is 11.3. The number of carbonyl (C=O) groups is 1. The van der Waals surface area contributed by atoms with Gasteiger partial charge in [-0.3, -0.25) is 0 Å². The highest BCUT2D eigenvalue weighted by Gasteiger charge is 2.04. The molecular formula is C17H18O3. The van der Waals surface area contributed by atoms with Crippen LogP contribution in [0.4, 0.5) is 0 Å². The maximum absolute atomic E-state index is 11.5. The summed E-state index contributed by atoms with van der Waals surface area (Å²) in [5.41, 5.74) is 2.31. The second-order valence-electron chi connectivity index (χ2n) is 4.58. The highest BCUT2D eigenvalue weighted by atomic mass is 16.6. The van der Waals surface area contributed by atoms with Gasteiger partial charge in [0.1, 0.15) is 5.75 Å². The molecule has 0 spiro atoms. The van der Waals surface area contributed by atoms with Gasteiger partial charge in [0.25, 0.3) is 0 Å². The molecule has 20 heavy (non-hydrogen) atoms. The van der Waals surface area contributed by atoms with Gasteiger partial charge in [-0.2, -0.15) is 0 Å². The third kappa shape index (κ3) is 4.43. The first kappa shape index (κ1) is 14.1. The fourth-order valence-corrected chi connectivity index (χ4v) is 1.86. The molecule has 1 aliphatic carbocycles. The van der Waals surface area contributed by atoms with Crippen molar-refractivity contribution >= 4 is 5.97 Å². The van der Waals surface area contributed by atoms with Gasteiger partial charge in [0.15, 0.2) is 6.61 Å². The number of allylic oxidation sites excluding steroid dienone is 5. The van der Waals surface area contributed by atoms with E-state index in [1.807, 2.05) is 43.3 Å². The minimum Gasteiger partial charge on any atom is -0.482 e. The fourth-order valence-electron chi connectivity index (χ4n) is 1.86. The number of aryl methyl sites for hydroxylation is 1. The lowest BCUT2D eigenvalue weighted by molar-refractivity contribution is -0.140. The number of rotatable bonds is 6. The minimum atomic E-state index is -0.400. The molecule has 0 radical (unpaired) electrons. The summed E-state index contributed by atoms with van der Waals surface area (Å²) in [6.45, 7) is 1.85. The number of ether oxygens (including phenoxy) is 2. The van der Waals surface area contributed by atoms with Crippen molar-refractivity contribution in [1.82, 2.24) is 0 Å². The van der Waals surface area contributed by atoms with E-state index in [1.54, 1.807) is 0 Å². The van der Waals surface area contributed by atoms with E-state index in [4.69, 9.17) is 9.47 Å². The molecule has 1 aromatic rings. The van der Waals surface area contributed by atoms with E-state index in [9.17, 15) is 4.79 Å². The smallest absolute Gasteiger partial charge is 0.348 e. The molecule has 0 heterocycles. The van der Waals surface area contributed by atoms with Crippen LogP contribution >= 0.6 is 0 Å². The number of benzene rings is 1. The first-order valence-corrected chi connectivity index (χ1v) is 6.63. The number of para-hydroxylation sites is 1. The molecule has 0 aromatic heterocycles. The monoisotopic (exact) mass is 270 g/mol. The number of esters is 1. The predicted octanol–water partition coefficient (Wildman–Crippen LogP) is 3.71. The number of carbonyl (C=O) groups excluding carboxylic acids is 1. The topological polar surface area (TPSA) is 35.5 Å². The van der Waals surface area contributed by atoms with Crippen molar-refractivity contribution in [2.45, 2.75) is 19.8 Å². The molecule has 0 saturated heterocycles. The van der Waals surface area contributed by atoms with E-state index in [1.165, 1.54) is 11.8 Å². The summed E-state index contributed by atoms with van der Waals surface area (Å²) in [6, 6.07) is 7.56. The molecule has 104 valence electrons. The third-order valence-electron chi connectivity index (χ3n) is 2.96. The molecule has 0 aliphatic heterocycles. The van der Waals surface area contributed by atoms with E-state index in [2.05, 4.69) is 12.2 Å². The quantitative estimate of drug-likeness (QED) is 0.584. The molecule has 1 aromatic carbocycles. The van der Waals surface area contributed by atoms with Gasteiger partial charge in [0, 0.05) is 0 Å². The minimum absolute atomic E-state index is 0.0839. The van der Waals surface area contributed by atoms with Gasteiger partial charge in [-0.25, -0.2) is 4.79 Å². The van der Waals surface area contributed by atoms with Crippen molar-refractivity contribution in [1.29, 1.82) is 0 Å². The summed E-state index contributed by atoms with van der Waals surface area (Å²) < 4.78 is 10.4. The van der Waals surface area contributed by atoms with Crippen molar-refractivity contribution in [2.24, 2.45) is 0 Å². The van der Waals surface area contributed by atoms with Crippen LogP contribution in [0.25, 0.3) is 0 Å². The molecule has 0 N–H and O–H groups in total. The maximum atomic E-state index is 11.5. The summed E-state index contributed by atoms with van der Waals surface area (Å²) >= 11 is 0. The van der Waals surface area contributed by atoms with Gasteiger partial charge >= 0.3 is 5.97 Å². The summed E-state index contributed by atoms with van der Waals surface area (Å²) in [5, 5.41) is 0. The SMILES string of the molecule is Cc1ccccc1OCC(=O)O/C=C/CC1=CC=CC1. The van der Waals surface area contributed by atoms with Gasteiger partial charge in [-0.05, 0) is 37.5 Å². The molecule has 2 rings (SSSR count). The standard InChI is InChI=1S/C17H18O3/c1-14-7-2-5-11-16(14)20-13-17(18)19-12-6-10-15-8-3-4-9-15/h2-8,11-12H,9-10,13H2,1H3/b12-6+. The van der Waals surface area contributed by atoms with Crippen LogP contribution in [0.1, 0.15) is 18.4 Å². The Kier molecular flexibility index (Phi) is 5.18. The number of hydrogen-bond donors (Lipinski definition) is 0. The Morgan fingerprint density at radius 2 is 2.20 bits per heavy atom. The first-order chi connectivity index (χ1) is 9.75. The first-order valence-electron chi connectivity index (χ1n) is 6.63. The van der Waals surface area contributed by atoms with Crippen LogP contribution in [0.5, 0.6) is 5.75 Å². The molecule has 0 bridgehead atoms. The second-order valence-corrected chi connectivity index (χ2v) is 4.58. The van der Waals surface area contributed by atoms with E-state index < -0.39 is 5.97 Å². The highest BCUT2D eigenvalue weighted by Crippen LogP contribution is 2.16. The lowest BCUT2D eigenvalue weighted by atomic mass is 10.2. The van der Waals surface area contributed by atoms with Crippen molar-refractivity contribution in [2.75, 3.05) is 6.61 Å². The van der Waals surface area contributed by atoms with Crippen molar-refractivity contribution in [3.05, 3.63) is 66.0 Å². The molecule has 3 nitrogen and oxygen atoms in total. The van der Waals surface area contributed by atoms with Crippen LogP contribution in [0.15, 0.2) is 60.4 Å². The Morgan fingerprint density at radius 1 is 1.35 bits per heavy atom. The molecule has 0 atom stereocenters. The largest absolute Gasteiger partial charge is 0.482 e. The molecule has 1 aliphatic rings. The lowest BCUT2D eigenvalue weighted by Gasteiger charge is -2.07. The van der Waals surface area contributed by atoms with Gasteiger partial charge in [0.05, 0.1) is 6.26 Å². The van der Waals surface area contributed by atoms with Gasteiger partial charge < -0.3 is 9.47 Å². The zero-order chi connectivity index (χ0) is 14.2. The second kappa shape index (κ2) is 7.34. The fraction of sp³-hybridized carbons (Fsp3) is 0.235. The highest BCUT2D eigenvalue weighted by molar-refractivity contribution is 5.71. The molecule has 3 heteroatoms. The van der Waals surface area contributed by atoms with Crippen LogP contribution in [-0.4, -0.2) is 12.6 Å². The van der Waals surface area contributed by atoms with Gasteiger partial charge in [-0.1, -0.05) is 42.0 Å². The van der Waals surface area contributed by atoms with E-state index in [-0.39, 0.29) is 6.61 Å². The van der Waals surface area contributed by atoms with E-state index >= 15 is 0 Å². The summed E-state index contributed by atoms with van der Waals surface area (Å²) in [7, 11) is 0.